The molecule has 6 heteroatoms. The third-order valence-corrected chi connectivity index (χ3v) is 5.55. The minimum Gasteiger partial charge on any atom is -0.496 e. The Labute approximate surface area is 137 Å². The molecule has 1 aromatic heterocycles. The number of ether oxygens (including phenoxy) is 1. The van der Waals surface area contributed by atoms with Crippen LogP contribution in [0.4, 0.5) is 0 Å². The SMILES string of the molecule is COc1cc(C)c(S(=O)(=O)NC(C)(C)c2cccnc2)cc1C. The summed E-state index contributed by atoms with van der Waals surface area (Å²) in [4.78, 5) is 4.31. The van der Waals surface area contributed by atoms with Gasteiger partial charge in [-0.3, -0.25) is 4.98 Å². The van der Waals surface area contributed by atoms with E-state index in [4.69, 9.17) is 4.74 Å². The van der Waals surface area contributed by atoms with Crippen LogP contribution in [-0.4, -0.2) is 20.5 Å². The van der Waals surface area contributed by atoms with E-state index in [9.17, 15) is 8.42 Å². The molecule has 1 aromatic carbocycles. The van der Waals surface area contributed by atoms with Crippen LogP contribution in [0.1, 0.15) is 30.5 Å². The number of pyridine rings is 1. The smallest absolute Gasteiger partial charge is 0.241 e. The third-order valence-electron chi connectivity index (χ3n) is 3.75. The molecule has 23 heavy (non-hydrogen) atoms. The van der Waals surface area contributed by atoms with Crippen LogP contribution in [0.25, 0.3) is 0 Å². The number of sulfonamides is 1. The fraction of sp³-hybridized carbons (Fsp3) is 0.353. The molecule has 1 N–H and O–H groups in total. The second-order valence-electron chi connectivity index (χ2n) is 6.06. The molecule has 2 rings (SSSR count). The summed E-state index contributed by atoms with van der Waals surface area (Å²) in [6.07, 6.45) is 3.32. The highest BCUT2D eigenvalue weighted by Gasteiger charge is 2.29. The quantitative estimate of drug-likeness (QED) is 0.913. The Hall–Kier alpha value is -1.92. The molecule has 0 aliphatic carbocycles. The molecule has 0 amide bonds. The van der Waals surface area contributed by atoms with Gasteiger partial charge < -0.3 is 4.74 Å². The molecule has 1 heterocycles. The number of hydrogen-bond donors (Lipinski definition) is 1. The van der Waals surface area contributed by atoms with Gasteiger partial charge in [0.2, 0.25) is 10.0 Å². The topological polar surface area (TPSA) is 68.3 Å². The van der Waals surface area contributed by atoms with E-state index in [1.807, 2.05) is 26.8 Å². The monoisotopic (exact) mass is 334 g/mol. The maximum atomic E-state index is 12.8. The van der Waals surface area contributed by atoms with Gasteiger partial charge >= 0.3 is 0 Å². The van der Waals surface area contributed by atoms with Crippen LogP contribution in [-0.2, 0) is 15.6 Å². The van der Waals surface area contributed by atoms with Crippen molar-refractivity contribution in [3.8, 4) is 5.75 Å². The van der Waals surface area contributed by atoms with E-state index < -0.39 is 15.6 Å². The minimum absolute atomic E-state index is 0.257. The number of aromatic nitrogens is 1. The minimum atomic E-state index is -3.68. The Kier molecular flexibility index (Phi) is 4.77. The maximum Gasteiger partial charge on any atom is 0.241 e. The number of benzene rings is 1. The number of nitrogens with one attached hydrogen (secondary N) is 1. The summed E-state index contributed by atoms with van der Waals surface area (Å²) in [5, 5.41) is 0. The zero-order valence-corrected chi connectivity index (χ0v) is 14.9. The molecule has 0 saturated heterocycles. The van der Waals surface area contributed by atoms with Crippen molar-refractivity contribution in [1.29, 1.82) is 0 Å². The van der Waals surface area contributed by atoms with Crippen molar-refractivity contribution in [2.75, 3.05) is 7.11 Å². The highest BCUT2D eigenvalue weighted by atomic mass is 32.2. The second kappa shape index (κ2) is 6.29. The van der Waals surface area contributed by atoms with E-state index in [2.05, 4.69) is 9.71 Å². The fourth-order valence-electron chi connectivity index (χ4n) is 2.45. The number of aryl methyl sites for hydroxylation is 2. The third kappa shape index (κ3) is 3.71. The van der Waals surface area contributed by atoms with Crippen LogP contribution in [0.3, 0.4) is 0 Å². The van der Waals surface area contributed by atoms with Gasteiger partial charge in [-0.1, -0.05) is 6.07 Å². The van der Waals surface area contributed by atoms with Crippen molar-refractivity contribution in [1.82, 2.24) is 9.71 Å². The highest BCUT2D eigenvalue weighted by molar-refractivity contribution is 7.89. The molecule has 0 atom stereocenters. The molecule has 124 valence electrons. The van der Waals surface area contributed by atoms with Crippen molar-refractivity contribution >= 4 is 10.0 Å². The lowest BCUT2D eigenvalue weighted by atomic mass is 9.98. The summed E-state index contributed by atoms with van der Waals surface area (Å²) in [6, 6.07) is 7.01. The standard InChI is InChI=1S/C17H22N2O3S/c1-12-10-16(13(2)9-15(12)22-5)23(20,21)19-17(3,4)14-7-6-8-18-11-14/h6-11,19H,1-5H3. The van der Waals surface area contributed by atoms with Crippen molar-refractivity contribution < 1.29 is 13.2 Å². The molecule has 0 radical (unpaired) electrons. The van der Waals surface area contributed by atoms with E-state index in [0.717, 1.165) is 11.1 Å². The summed E-state index contributed by atoms with van der Waals surface area (Å²) < 4.78 is 33.6. The average molecular weight is 334 g/mol. The van der Waals surface area contributed by atoms with Gasteiger partial charge in [0.25, 0.3) is 0 Å². The van der Waals surface area contributed by atoms with Crippen LogP contribution < -0.4 is 9.46 Å². The maximum absolute atomic E-state index is 12.8. The number of rotatable bonds is 5. The lowest BCUT2D eigenvalue weighted by Gasteiger charge is -2.26. The Morgan fingerprint density at radius 1 is 1.17 bits per heavy atom. The summed E-state index contributed by atoms with van der Waals surface area (Å²) in [5.74, 6) is 0.674. The van der Waals surface area contributed by atoms with Crippen molar-refractivity contribution in [3.05, 3.63) is 53.3 Å². The van der Waals surface area contributed by atoms with Gasteiger partial charge in [-0.25, -0.2) is 13.1 Å². The van der Waals surface area contributed by atoms with Gasteiger partial charge in [0.05, 0.1) is 17.5 Å². The average Bonchev–Trinajstić information content (AvgIpc) is 2.49. The first-order valence-corrected chi connectivity index (χ1v) is 8.75. The molecule has 0 bridgehead atoms. The van der Waals surface area contributed by atoms with Gasteiger partial charge in [-0.15, -0.1) is 0 Å². The van der Waals surface area contributed by atoms with Crippen molar-refractivity contribution in [2.24, 2.45) is 0 Å². The normalized spacial score (nSPS) is 12.2. The van der Waals surface area contributed by atoms with Crippen LogP contribution >= 0.6 is 0 Å². The lowest BCUT2D eigenvalue weighted by Crippen LogP contribution is -2.41. The zero-order chi connectivity index (χ0) is 17.3. The predicted octanol–water partition coefficient (Wildman–Crippen LogP) is 2.92. The molecule has 0 fully saturated rings. The van der Waals surface area contributed by atoms with Crippen LogP contribution in [0.2, 0.25) is 0 Å². The first-order chi connectivity index (χ1) is 10.7. The molecule has 0 aliphatic heterocycles. The molecule has 0 spiro atoms. The molecular weight excluding hydrogens is 312 g/mol. The van der Waals surface area contributed by atoms with Gasteiger partial charge in [0, 0.05) is 12.4 Å². The van der Waals surface area contributed by atoms with Gasteiger partial charge in [-0.05, 0) is 62.6 Å². The van der Waals surface area contributed by atoms with Gasteiger partial charge in [0.1, 0.15) is 5.75 Å². The Bertz CT molecular complexity index is 800. The van der Waals surface area contributed by atoms with Crippen molar-refractivity contribution in [3.63, 3.8) is 0 Å². The molecule has 2 aromatic rings. The molecule has 5 nitrogen and oxygen atoms in total. The predicted molar refractivity (Wildman–Crippen MR) is 90.1 cm³/mol. The van der Waals surface area contributed by atoms with E-state index in [1.54, 1.807) is 44.6 Å². The summed E-state index contributed by atoms with van der Waals surface area (Å²) in [7, 11) is -2.11. The second-order valence-corrected chi connectivity index (χ2v) is 7.71. The molecule has 0 saturated carbocycles. The highest BCUT2D eigenvalue weighted by Crippen LogP contribution is 2.28. The van der Waals surface area contributed by atoms with Crippen LogP contribution in [0.5, 0.6) is 5.75 Å². The van der Waals surface area contributed by atoms with Gasteiger partial charge in [0.15, 0.2) is 0 Å². The number of hydrogen-bond acceptors (Lipinski definition) is 4. The fourth-order valence-corrected chi connectivity index (χ4v) is 4.17. The Morgan fingerprint density at radius 3 is 2.43 bits per heavy atom. The summed E-state index contributed by atoms with van der Waals surface area (Å²) in [6.45, 7) is 7.21. The molecule has 0 unspecified atom stereocenters. The molecule has 0 aliphatic rings. The van der Waals surface area contributed by atoms with Crippen LogP contribution in [0, 0.1) is 13.8 Å². The van der Waals surface area contributed by atoms with E-state index in [-0.39, 0.29) is 4.90 Å². The first-order valence-electron chi connectivity index (χ1n) is 7.27. The number of nitrogens with zero attached hydrogens (tertiary/aromatic N) is 1. The molecular formula is C17H22N2O3S. The van der Waals surface area contributed by atoms with Crippen LogP contribution in [0.15, 0.2) is 41.6 Å². The largest absolute Gasteiger partial charge is 0.496 e. The first kappa shape index (κ1) is 17.4. The van der Waals surface area contributed by atoms with E-state index >= 15 is 0 Å². The summed E-state index contributed by atoms with van der Waals surface area (Å²) >= 11 is 0. The van der Waals surface area contributed by atoms with E-state index in [0.29, 0.717) is 11.3 Å². The van der Waals surface area contributed by atoms with Crippen molar-refractivity contribution in [2.45, 2.75) is 38.1 Å². The van der Waals surface area contributed by atoms with E-state index in [1.165, 1.54) is 0 Å². The summed E-state index contributed by atoms with van der Waals surface area (Å²) in [5.41, 5.74) is 1.44. The lowest BCUT2D eigenvalue weighted by molar-refractivity contribution is 0.410. The Morgan fingerprint density at radius 2 is 1.87 bits per heavy atom. The van der Waals surface area contributed by atoms with Gasteiger partial charge in [-0.2, -0.15) is 0 Å². The number of methoxy groups -OCH3 is 1. The Balaban J connectivity index is 2.42. The zero-order valence-electron chi connectivity index (χ0n) is 14.0.